The summed E-state index contributed by atoms with van der Waals surface area (Å²) in [4.78, 5) is 6.01. The fraction of sp³-hybridized carbons (Fsp3) is 1.00. The first-order chi connectivity index (χ1) is 6.64. The van der Waals surface area contributed by atoms with Gasteiger partial charge in [0.25, 0.3) is 0 Å². The van der Waals surface area contributed by atoms with Gasteiger partial charge in [-0.3, -0.25) is 4.84 Å². The van der Waals surface area contributed by atoms with Crippen LogP contribution in [0.2, 0.25) is 0 Å². The first-order valence-corrected chi connectivity index (χ1v) is 5.70. The normalized spacial score (nSPS) is 14.0. The average Bonchev–Trinajstić information content (AvgIpc) is 2.02. The molecule has 15 heavy (non-hydrogen) atoms. The van der Waals surface area contributed by atoms with Crippen molar-refractivity contribution in [2.75, 3.05) is 20.6 Å². The first kappa shape index (κ1) is 14.9. The Kier molecular flexibility index (Phi) is 5.24. The van der Waals surface area contributed by atoms with Gasteiger partial charge in [-0.25, -0.2) is 0 Å². The Labute approximate surface area is 95.1 Å². The summed E-state index contributed by atoms with van der Waals surface area (Å²) in [6.45, 7) is 13.9. The first-order valence-electron chi connectivity index (χ1n) is 5.70. The third-order valence-electron chi connectivity index (χ3n) is 3.35. The SMILES string of the molecule is CNCC(C)(C)C(C)(C)ON(C)C(C)C. The van der Waals surface area contributed by atoms with Crippen molar-refractivity contribution >= 4 is 0 Å². The van der Waals surface area contributed by atoms with Crippen LogP contribution in [0.25, 0.3) is 0 Å². The number of hydrogen-bond donors (Lipinski definition) is 1. The lowest BCUT2D eigenvalue weighted by atomic mass is 9.77. The summed E-state index contributed by atoms with van der Waals surface area (Å²) in [6, 6.07) is 0.398. The monoisotopic (exact) mass is 216 g/mol. The molecule has 0 rings (SSSR count). The Hall–Kier alpha value is -0.120. The van der Waals surface area contributed by atoms with Gasteiger partial charge in [-0.15, -0.1) is 0 Å². The van der Waals surface area contributed by atoms with Gasteiger partial charge in [0.2, 0.25) is 0 Å². The number of rotatable bonds is 6. The molecule has 0 aromatic heterocycles. The van der Waals surface area contributed by atoms with Crippen molar-refractivity contribution in [3.8, 4) is 0 Å². The fourth-order valence-corrected chi connectivity index (χ4v) is 1.24. The highest BCUT2D eigenvalue weighted by molar-refractivity contribution is 4.88. The molecule has 3 nitrogen and oxygen atoms in total. The van der Waals surface area contributed by atoms with Crippen molar-refractivity contribution < 1.29 is 4.84 Å². The molecule has 0 bridgehead atoms. The molecule has 3 heteroatoms. The quantitative estimate of drug-likeness (QED) is 0.689. The van der Waals surface area contributed by atoms with E-state index < -0.39 is 0 Å². The van der Waals surface area contributed by atoms with Crippen LogP contribution in [0.15, 0.2) is 0 Å². The molecule has 0 saturated heterocycles. The van der Waals surface area contributed by atoms with E-state index in [4.69, 9.17) is 4.84 Å². The van der Waals surface area contributed by atoms with Gasteiger partial charge in [-0.05, 0) is 34.7 Å². The van der Waals surface area contributed by atoms with E-state index in [1.165, 1.54) is 0 Å². The molecule has 0 atom stereocenters. The molecule has 0 aromatic carbocycles. The number of nitrogens with one attached hydrogen (secondary N) is 1. The van der Waals surface area contributed by atoms with E-state index in [0.29, 0.717) is 6.04 Å². The van der Waals surface area contributed by atoms with Gasteiger partial charge in [0.05, 0.1) is 5.60 Å². The maximum Gasteiger partial charge on any atom is 0.0906 e. The lowest BCUT2D eigenvalue weighted by Gasteiger charge is -2.43. The Bertz CT molecular complexity index is 188. The van der Waals surface area contributed by atoms with Crippen LogP contribution in [-0.4, -0.2) is 37.3 Å². The second kappa shape index (κ2) is 5.28. The smallest absolute Gasteiger partial charge is 0.0906 e. The lowest BCUT2D eigenvalue weighted by molar-refractivity contribution is -0.268. The molecule has 0 unspecified atom stereocenters. The molecule has 0 amide bonds. The molecule has 0 spiro atoms. The summed E-state index contributed by atoms with van der Waals surface area (Å²) < 4.78 is 0. The van der Waals surface area contributed by atoms with Crippen molar-refractivity contribution in [2.45, 2.75) is 53.2 Å². The minimum Gasteiger partial charge on any atom is -0.319 e. The highest BCUT2D eigenvalue weighted by atomic mass is 16.7. The van der Waals surface area contributed by atoms with Gasteiger partial charge >= 0.3 is 0 Å². The van der Waals surface area contributed by atoms with Crippen LogP contribution in [0, 0.1) is 5.41 Å². The predicted molar refractivity (Wildman–Crippen MR) is 65.8 cm³/mol. The summed E-state index contributed by atoms with van der Waals surface area (Å²) in [5.41, 5.74) is -0.0973. The van der Waals surface area contributed by atoms with E-state index in [-0.39, 0.29) is 11.0 Å². The summed E-state index contributed by atoms with van der Waals surface area (Å²) in [5, 5.41) is 5.15. The molecule has 0 aliphatic carbocycles. The van der Waals surface area contributed by atoms with Crippen LogP contribution in [0.3, 0.4) is 0 Å². The molecular weight excluding hydrogens is 188 g/mol. The Morgan fingerprint density at radius 3 is 2.00 bits per heavy atom. The largest absolute Gasteiger partial charge is 0.319 e. The van der Waals surface area contributed by atoms with E-state index in [2.05, 4.69) is 46.9 Å². The second-order valence-corrected chi connectivity index (χ2v) is 5.66. The number of hydrogen-bond acceptors (Lipinski definition) is 3. The molecule has 0 aromatic rings. The van der Waals surface area contributed by atoms with Gasteiger partial charge in [-0.2, -0.15) is 5.06 Å². The number of hydroxylamine groups is 2. The van der Waals surface area contributed by atoms with E-state index >= 15 is 0 Å². The molecule has 1 N–H and O–H groups in total. The second-order valence-electron chi connectivity index (χ2n) is 5.66. The summed E-state index contributed by atoms with van der Waals surface area (Å²) >= 11 is 0. The third-order valence-corrected chi connectivity index (χ3v) is 3.35. The lowest BCUT2D eigenvalue weighted by Crippen LogP contribution is -2.51. The van der Waals surface area contributed by atoms with E-state index in [1.54, 1.807) is 0 Å². The van der Waals surface area contributed by atoms with Crippen LogP contribution in [-0.2, 0) is 4.84 Å². The molecule has 0 heterocycles. The minimum absolute atomic E-state index is 0.0882. The maximum absolute atomic E-state index is 6.01. The van der Waals surface area contributed by atoms with E-state index in [9.17, 15) is 0 Å². The van der Waals surface area contributed by atoms with Crippen molar-refractivity contribution in [1.29, 1.82) is 0 Å². The average molecular weight is 216 g/mol. The topological polar surface area (TPSA) is 24.5 Å². The minimum atomic E-state index is -0.185. The van der Waals surface area contributed by atoms with Crippen LogP contribution >= 0.6 is 0 Å². The fourth-order valence-electron chi connectivity index (χ4n) is 1.24. The Morgan fingerprint density at radius 1 is 1.20 bits per heavy atom. The molecular formula is C12H28N2O. The molecule has 0 aliphatic heterocycles. The zero-order valence-electron chi connectivity index (χ0n) is 11.6. The van der Waals surface area contributed by atoms with Crippen LogP contribution < -0.4 is 5.32 Å². The Balaban J connectivity index is 4.52. The number of nitrogens with zero attached hydrogens (tertiary/aromatic N) is 1. The van der Waals surface area contributed by atoms with Crippen LogP contribution in [0.4, 0.5) is 0 Å². The van der Waals surface area contributed by atoms with Crippen molar-refractivity contribution in [1.82, 2.24) is 10.4 Å². The van der Waals surface area contributed by atoms with Gasteiger partial charge in [-0.1, -0.05) is 13.8 Å². The Morgan fingerprint density at radius 2 is 1.67 bits per heavy atom. The van der Waals surface area contributed by atoms with Crippen molar-refractivity contribution in [3.63, 3.8) is 0 Å². The molecule has 0 aliphatic rings. The summed E-state index contributed by atoms with van der Waals surface area (Å²) in [6.07, 6.45) is 0. The van der Waals surface area contributed by atoms with Crippen LogP contribution in [0.1, 0.15) is 41.5 Å². The highest BCUT2D eigenvalue weighted by Gasteiger charge is 2.39. The molecule has 0 radical (unpaired) electrons. The molecule has 92 valence electrons. The van der Waals surface area contributed by atoms with Gasteiger partial charge in [0.15, 0.2) is 0 Å². The summed E-state index contributed by atoms with van der Waals surface area (Å²) in [7, 11) is 3.96. The molecule has 0 fully saturated rings. The van der Waals surface area contributed by atoms with E-state index in [1.807, 2.05) is 19.2 Å². The maximum atomic E-state index is 6.01. The van der Waals surface area contributed by atoms with Gasteiger partial charge in [0.1, 0.15) is 0 Å². The predicted octanol–water partition coefficient (Wildman–Crippen LogP) is 2.28. The van der Waals surface area contributed by atoms with Crippen molar-refractivity contribution in [2.24, 2.45) is 5.41 Å². The standard InChI is InChI=1S/C12H28N2O/c1-10(2)14(8)15-12(5,6)11(3,4)9-13-7/h10,13H,9H2,1-8H3. The highest BCUT2D eigenvalue weighted by Crippen LogP contribution is 2.33. The van der Waals surface area contributed by atoms with Gasteiger partial charge in [0, 0.05) is 25.0 Å². The zero-order chi connectivity index (χ0) is 12.3. The van der Waals surface area contributed by atoms with Crippen LogP contribution in [0.5, 0.6) is 0 Å². The van der Waals surface area contributed by atoms with E-state index in [0.717, 1.165) is 6.54 Å². The van der Waals surface area contributed by atoms with Gasteiger partial charge < -0.3 is 5.32 Å². The summed E-state index contributed by atoms with van der Waals surface area (Å²) in [5.74, 6) is 0. The third kappa shape index (κ3) is 4.09. The van der Waals surface area contributed by atoms with Crippen molar-refractivity contribution in [3.05, 3.63) is 0 Å². The molecule has 0 saturated carbocycles. The zero-order valence-corrected chi connectivity index (χ0v) is 11.6.